The van der Waals surface area contributed by atoms with E-state index in [0.29, 0.717) is 10.4 Å². The van der Waals surface area contributed by atoms with Gasteiger partial charge in [-0.3, -0.25) is 0 Å². The van der Waals surface area contributed by atoms with Crippen LogP contribution in [0.3, 0.4) is 0 Å². The zero-order valence-electron chi connectivity index (χ0n) is 8.54. The Balaban J connectivity index is 3.35. The molecule has 0 spiro atoms. The van der Waals surface area contributed by atoms with Crippen LogP contribution in [0, 0.1) is 0 Å². The molecule has 0 aliphatic rings. The molecule has 1 aromatic rings. The van der Waals surface area contributed by atoms with Crippen LogP contribution in [0.15, 0.2) is 10.7 Å². The number of aromatic nitrogens is 1. The first-order valence-electron chi connectivity index (χ1n) is 4.00. The maximum atomic E-state index is 11.4. The van der Waals surface area contributed by atoms with Crippen LogP contribution in [0.5, 0.6) is 11.5 Å². The molecule has 0 N–H and O–H groups in total. The van der Waals surface area contributed by atoms with Gasteiger partial charge in [-0.25, -0.2) is 9.78 Å². The standard InChI is InChI=1S/C9H10BrNO4/c1-13-5-4-6(10)11-7(8(5)14-2)9(12)15-3/h4H,1-3H3. The summed E-state index contributed by atoms with van der Waals surface area (Å²) in [5, 5.41) is 0. The van der Waals surface area contributed by atoms with E-state index >= 15 is 0 Å². The lowest BCUT2D eigenvalue weighted by atomic mass is 10.3. The fourth-order valence-electron chi connectivity index (χ4n) is 1.06. The molecule has 0 unspecified atom stereocenters. The molecule has 0 saturated carbocycles. The van der Waals surface area contributed by atoms with Crippen molar-refractivity contribution >= 4 is 21.9 Å². The van der Waals surface area contributed by atoms with Gasteiger partial charge in [-0.05, 0) is 15.9 Å². The highest BCUT2D eigenvalue weighted by atomic mass is 79.9. The number of nitrogens with zero attached hydrogens (tertiary/aromatic N) is 1. The molecule has 0 aliphatic heterocycles. The minimum atomic E-state index is -0.577. The molecule has 0 atom stereocenters. The minimum absolute atomic E-state index is 0.0752. The van der Waals surface area contributed by atoms with Crippen molar-refractivity contribution in [1.82, 2.24) is 4.98 Å². The number of halogens is 1. The van der Waals surface area contributed by atoms with E-state index < -0.39 is 5.97 Å². The van der Waals surface area contributed by atoms with Gasteiger partial charge in [0.2, 0.25) is 0 Å². The lowest BCUT2D eigenvalue weighted by Crippen LogP contribution is -2.08. The monoisotopic (exact) mass is 275 g/mol. The molecule has 0 bridgehead atoms. The van der Waals surface area contributed by atoms with E-state index in [1.54, 1.807) is 6.07 Å². The van der Waals surface area contributed by atoms with Crippen LogP contribution in [0.1, 0.15) is 10.5 Å². The van der Waals surface area contributed by atoms with E-state index in [1.165, 1.54) is 21.3 Å². The third kappa shape index (κ3) is 2.38. The van der Waals surface area contributed by atoms with Gasteiger partial charge < -0.3 is 14.2 Å². The molecule has 0 radical (unpaired) electrons. The summed E-state index contributed by atoms with van der Waals surface area (Å²) >= 11 is 3.16. The lowest BCUT2D eigenvalue weighted by molar-refractivity contribution is 0.0589. The second kappa shape index (κ2) is 4.97. The Morgan fingerprint density at radius 3 is 2.47 bits per heavy atom. The number of rotatable bonds is 3. The Hall–Kier alpha value is -1.30. The number of pyridine rings is 1. The van der Waals surface area contributed by atoms with E-state index in [2.05, 4.69) is 25.7 Å². The summed E-state index contributed by atoms with van der Waals surface area (Å²) in [6.07, 6.45) is 0. The molecule has 1 heterocycles. The largest absolute Gasteiger partial charge is 0.493 e. The Morgan fingerprint density at radius 2 is 2.00 bits per heavy atom. The molecule has 6 heteroatoms. The number of hydrogen-bond donors (Lipinski definition) is 0. The van der Waals surface area contributed by atoms with Crippen molar-refractivity contribution in [2.75, 3.05) is 21.3 Å². The summed E-state index contributed by atoms with van der Waals surface area (Å²) in [6, 6.07) is 1.60. The summed E-state index contributed by atoms with van der Waals surface area (Å²) in [6.45, 7) is 0. The SMILES string of the molecule is COC(=O)c1nc(Br)cc(OC)c1OC. The van der Waals surface area contributed by atoms with Gasteiger partial charge in [0.1, 0.15) is 4.60 Å². The maximum Gasteiger partial charge on any atom is 0.360 e. The molecule has 0 fully saturated rings. The van der Waals surface area contributed by atoms with Gasteiger partial charge in [-0.1, -0.05) is 0 Å². The van der Waals surface area contributed by atoms with Crippen molar-refractivity contribution in [2.45, 2.75) is 0 Å². The van der Waals surface area contributed by atoms with Crippen molar-refractivity contribution in [1.29, 1.82) is 0 Å². The number of methoxy groups -OCH3 is 3. The van der Waals surface area contributed by atoms with Gasteiger partial charge in [0.15, 0.2) is 17.2 Å². The third-order valence-corrected chi connectivity index (χ3v) is 2.12. The predicted molar refractivity (Wildman–Crippen MR) is 56.4 cm³/mol. The Bertz CT molecular complexity index is 381. The number of hydrogen-bond acceptors (Lipinski definition) is 5. The first kappa shape index (κ1) is 11.8. The number of carbonyl (C=O) groups excluding carboxylic acids is 1. The molecule has 1 rings (SSSR count). The van der Waals surface area contributed by atoms with E-state index in [0.717, 1.165) is 0 Å². The summed E-state index contributed by atoms with van der Waals surface area (Å²) < 4.78 is 15.1. The van der Waals surface area contributed by atoms with Gasteiger partial charge >= 0.3 is 5.97 Å². The van der Waals surface area contributed by atoms with Gasteiger partial charge in [-0.15, -0.1) is 0 Å². The maximum absolute atomic E-state index is 11.4. The van der Waals surface area contributed by atoms with Crippen molar-refractivity contribution in [3.8, 4) is 11.5 Å². The molecular formula is C9H10BrNO4. The van der Waals surface area contributed by atoms with Crippen LogP contribution in [0.4, 0.5) is 0 Å². The van der Waals surface area contributed by atoms with Crippen molar-refractivity contribution < 1.29 is 19.0 Å². The van der Waals surface area contributed by atoms with Crippen LogP contribution in [-0.2, 0) is 4.74 Å². The first-order chi connectivity index (χ1) is 7.13. The zero-order chi connectivity index (χ0) is 11.4. The van der Waals surface area contributed by atoms with E-state index in [1.807, 2.05) is 0 Å². The minimum Gasteiger partial charge on any atom is -0.493 e. The summed E-state index contributed by atoms with van der Waals surface area (Å²) in [4.78, 5) is 15.3. The Labute approximate surface area is 95.5 Å². The quantitative estimate of drug-likeness (QED) is 0.620. The second-order valence-corrected chi connectivity index (χ2v) is 3.33. The molecule has 0 saturated heterocycles. The fourth-order valence-corrected chi connectivity index (χ4v) is 1.45. The van der Waals surface area contributed by atoms with E-state index in [9.17, 15) is 4.79 Å². The van der Waals surface area contributed by atoms with Gasteiger partial charge in [0.05, 0.1) is 21.3 Å². The molecule has 15 heavy (non-hydrogen) atoms. The Morgan fingerprint density at radius 1 is 1.33 bits per heavy atom. The molecule has 82 valence electrons. The first-order valence-corrected chi connectivity index (χ1v) is 4.80. The van der Waals surface area contributed by atoms with Crippen LogP contribution >= 0.6 is 15.9 Å². The molecule has 0 aromatic carbocycles. The van der Waals surface area contributed by atoms with Crippen molar-refractivity contribution in [3.63, 3.8) is 0 Å². The van der Waals surface area contributed by atoms with Crippen LogP contribution in [0.25, 0.3) is 0 Å². The molecule has 0 aliphatic carbocycles. The molecule has 5 nitrogen and oxygen atoms in total. The molecule has 0 amide bonds. The average Bonchev–Trinajstić information content (AvgIpc) is 2.26. The summed E-state index contributed by atoms with van der Waals surface area (Å²) in [5.74, 6) is 0.0961. The predicted octanol–water partition coefficient (Wildman–Crippen LogP) is 1.65. The highest BCUT2D eigenvalue weighted by Crippen LogP contribution is 2.32. The summed E-state index contributed by atoms with van der Waals surface area (Å²) in [5.41, 5.74) is 0.0752. The number of ether oxygens (including phenoxy) is 3. The zero-order valence-corrected chi connectivity index (χ0v) is 10.1. The normalized spacial score (nSPS) is 9.60. The fraction of sp³-hybridized carbons (Fsp3) is 0.333. The third-order valence-electron chi connectivity index (χ3n) is 1.71. The van der Waals surface area contributed by atoms with Crippen molar-refractivity contribution in [2.24, 2.45) is 0 Å². The van der Waals surface area contributed by atoms with E-state index in [4.69, 9.17) is 9.47 Å². The smallest absolute Gasteiger partial charge is 0.360 e. The van der Waals surface area contributed by atoms with Gasteiger partial charge in [0.25, 0.3) is 0 Å². The topological polar surface area (TPSA) is 57.7 Å². The van der Waals surface area contributed by atoms with Gasteiger partial charge in [0, 0.05) is 6.07 Å². The Kier molecular flexibility index (Phi) is 3.90. The van der Waals surface area contributed by atoms with Crippen LogP contribution < -0.4 is 9.47 Å². The summed E-state index contributed by atoms with van der Waals surface area (Å²) in [7, 11) is 4.18. The number of carbonyl (C=O) groups is 1. The second-order valence-electron chi connectivity index (χ2n) is 2.52. The van der Waals surface area contributed by atoms with Gasteiger partial charge in [-0.2, -0.15) is 0 Å². The number of esters is 1. The highest BCUT2D eigenvalue weighted by molar-refractivity contribution is 9.10. The molecule has 1 aromatic heterocycles. The highest BCUT2D eigenvalue weighted by Gasteiger charge is 2.20. The average molecular weight is 276 g/mol. The van der Waals surface area contributed by atoms with Crippen molar-refractivity contribution in [3.05, 3.63) is 16.4 Å². The van der Waals surface area contributed by atoms with Crippen LogP contribution in [0.2, 0.25) is 0 Å². The lowest BCUT2D eigenvalue weighted by Gasteiger charge is -2.10. The molecular weight excluding hydrogens is 266 g/mol. The van der Waals surface area contributed by atoms with E-state index in [-0.39, 0.29) is 11.4 Å². The van der Waals surface area contributed by atoms with Crippen LogP contribution in [-0.4, -0.2) is 32.3 Å².